The van der Waals surface area contributed by atoms with E-state index in [1.54, 1.807) is 0 Å². The minimum absolute atomic E-state index is 0.0609. The van der Waals surface area contributed by atoms with Crippen LogP contribution in [0, 0.1) is 6.92 Å². The van der Waals surface area contributed by atoms with Crippen molar-refractivity contribution in [2.75, 3.05) is 28.6 Å². The fourth-order valence-corrected chi connectivity index (χ4v) is 3.22. The highest BCUT2D eigenvalue weighted by Gasteiger charge is 2.14. The van der Waals surface area contributed by atoms with Crippen LogP contribution in [-0.4, -0.2) is 29.0 Å². The van der Waals surface area contributed by atoms with E-state index in [0.29, 0.717) is 12.4 Å². The number of aryl methyl sites for hydroxylation is 1. The van der Waals surface area contributed by atoms with Crippen LogP contribution in [0.4, 0.5) is 23.1 Å². The van der Waals surface area contributed by atoms with Crippen LogP contribution in [-0.2, 0) is 4.79 Å². The van der Waals surface area contributed by atoms with Crippen LogP contribution in [0.25, 0.3) is 0 Å². The molecular formula is C21H29N5O. The van der Waals surface area contributed by atoms with E-state index in [0.717, 1.165) is 48.8 Å². The number of amides is 1. The van der Waals surface area contributed by atoms with Crippen LogP contribution in [0.2, 0.25) is 0 Å². The third-order valence-electron chi connectivity index (χ3n) is 4.70. The maximum absolute atomic E-state index is 11.8. The van der Waals surface area contributed by atoms with Gasteiger partial charge in [-0.25, -0.2) is 4.98 Å². The summed E-state index contributed by atoms with van der Waals surface area (Å²) in [4.78, 5) is 23.4. The molecule has 6 heteroatoms. The molecule has 0 aliphatic carbocycles. The van der Waals surface area contributed by atoms with Crippen molar-refractivity contribution in [3.05, 3.63) is 36.0 Å². The monoisotopic (exact) mass is 367 g/mol. The van der Waals surface area contributed by atoms with Crippen molar-refractivity contribution < 1.29 is 4.79 Å². The molecule has 0 bridgehead atoms. The quantitative estimate of drug-likeness (QED) is 0.745. The molecule has 2 N–H and O–H groups in total. The molecule has 2 heterocycles. The zero-order valence-electron chi connectivity index (χ0n) is 16.3. The molecule has 1 aliphatic rings. The minimum atomic E-state index is 0.0609. The number of carbonyl (C=O) groups excluding carboxylic acids is 1. The summed E-state index contributed by atoms with van der Waals surface area (Å²) in [5, 5.41) is 6.20. The van der Waals surface area contributed by atoms with Gasteiger partial charge in [-0.1, -0.05) is 13.3 Å². The van der Waals surface area contributed by atoms with Gasteiger partial charge in [-0.2, -0.15) is 4.98 Å². The summed E-state index contributed by atoms with van der Waals surface area (Å²) in [5.74, 6) is 1.66. The van der Waals surface area contributed by atoms with Crippen molar-refractivity contribution in [1.29, 1.82) is 0 Å². The van der Waals surface area contributed by atoms with E-state index < -0.39 is 0 Å². The van der Waals surface area contributed by atoms with Crippen LogP contribution in [0.15, 0.2) is 30.3 Å². The van der Waals surface area contributed by atoms with Gasteiger partial charge in [0.05, 0.1) is 0 Å². The summed E-state index contributed by atoms with van der Waals surface area (Å²) in [6, 6.07) is 9.70. The van der Waals surface area contributed by atoms with E-state index in [-0.39, 0.29) is 5.91 Å². The molecule has 1 aliphatic heterocycles. The van der Waals surface area contributed by atoms with Gasteiger partial charge in [0.15, 0.2) is 0 Å². The molecule has 27 heavy (non-hydrogen) atoms. The summed E-state index contributed by atoms with van der Waals surface area (Å²) in [7, 11) is 0. The van der Waals surface area contributed by atoms with Gasteiger partial charge in [-0.05, 0) is 56.9 Å². The van der Waals surface area contributed by atoms with Crippen molar-refractivity contribution in [2.24, 2.45) is 0 Å². The lowest BCUT2D eigenvalue weighted by molar-refractivity contribution is -0.116. The highest BCUT2D eigenvalue weighted by Crippen LogP contribution is 2.22. The molecule has 144 valence electrons. The average Bonchev–Trinajstić information content (AvgIpc) is 2.68. The van der Waals surface area contributed by atoms with Crippen molar-refractivity contribution in [3.8, 4) is 0 Å². The van der Waals surface area contributed by atoms with Gasteiger partial charge in [0.1, 0.15) is 5.82 Å². The van der Waals surface area contributed by atoms with Crippen LogP contribution < -0.4 is 15.5 Å². The molecule has 1 aromatic carbocycles. The molecule has 1 aromatic heterocycles. The van der Waals surface area contributed by atoms with Crippen molar-refractivity contribution in [1.82, 2.24) is 9.97 Å². The SMILES string of the molecule is CCCCC(=O)Nc1ccc(Nc2nc(C)cc(N3CCCCC3)n2)cc1. The number of piperidine rings is 1. The number of hydrogen-bond donors (Lipinski definition) is 2. The normalized spacial score (nSPS) is 14.1. The summed E-state index contributed by atoms with van der Waals surface area (Å²) < 4.78 is 0. The van der Waals surface area contributed by atoms with E-state index in [1.807, 2.05) is 37.3 Å². The number of anilines is 4. The molecule has 0 saturated carbocycles. The first kappa shape index (κ1) is 19.1. The Morgan fingerprint density at radius 1 is 1.07 bits per heavy atom. The van der Waals surface area contributed by atoms with Crippen LogP contribution in [0.1, 0.15) is 51.1 Å². The smallest absolute Gasteiger partial charge is 0.229 e. The number of aromatic nitrogens is 2. The van der Waals surface area contributed by atoms with Gasteiger partial charge in [0, 0.05) is 42.6 Å². The predicted molar refractivity (Wildman–Crippen MR) is 111 cm³/mol. The van der Waals surface area contributed by atoms with Crippen molar-refractivity contribution >= 4 is 29.0 Å². The molecule has 0 atom stereocenters. The van der Waals surface area contributed by atoms with Gasteiger partial charge in [-0.15, -0.1) is 0 Å². The maximum Gasteiger partial charge on any atom is 0.229 e. The molecule has 1 saturated heterocycles. The van der Waals surface area contributed by atoms with Crippen molar-refractivity contribution in [3.63, 3.8) is 0 Å². The summed E-state index contributed by atoms with van der Waals surface area (Å²) in [6.45, 7) is 6.19. The lowest BCUT2D eigenvalue weighted by Crippen LogP contribution is -2.30. The van der Waals surface area contributed by atoms with Gasteiger partial charge in [0.25, 0.3) is 0 Å². The Bertz CT molecular complexity index is 754. The van der Waals surface area contributed by atoms with Crippen LogP contribution >= 0.6 is 0 Å². The first-order valence-corrected chi connectivity index (χ1v) is 9.91. The fraction of sp³-hybridized carbons (Fsp3) is 0.476. The standard InChI is InChI=1S/C21H29N5O/c1-3-4-8-20(27)23-17-9-11-18(12-10-17)24-21-22-16(2)15-19(25-21)26-13-6-5-7-14-26/h9-12,15H,3-8,13-14H2,1-2H3,(H,23,27)(H,22,24,25). The molecule has 1 amide bonds. The van der Waals surface area contributed by atoms with Crippen molar-refractivity contribution in [2.45, 2.75) is 52.4 Å². The maximum atomic E-state index is 11.8. The topological polar surface area (TPSA) is 70.2 Å². The largest absolute Gasteiger partial charge is 0.356 e. The van der Waals surface area contributed by atoms with Crippen LogP contribution in [0.5, 0.6) is 0 Å². The van der Waals surface area contributed by atoms with E-state index in [4.69, 9.17) is 4.98 Å². The number of nitrogens with zero attached hydrogens (tertiary/aromatic N) is 3. The molecular weight excluding hydrogens is 338 g/mol. The van der Waals surface area contributed by atoms with Crippen LogP contribution in [0.3, 0.4) is 0 Å². The minimum Gasteiger partial charge on any atom is -0.356 e. The molecule has 1 fully saturated rings. The lowest BCUT2D eigenvalue weighted by atomic mass is 10.1. The number of benzene rings is 1. The molecule has 0 unspecified atom stereocenters. The van der Waals surface area contributed by atoms with Gasteiger partial charge in [-0.3, -0.25) is 4.79 Å². The average molecular weight is 367 g/mol. The second kappa shape index (κ2) is 9.35. The summed E-state index contributed by atoms with van der Waals surface area (Å²) in [5.41, 5.74) is 2.66. The Kier molecular flexibility index (Phi) is 6.63. The molecule has 6 nitrogen and oxygen atoms in total. The molecule has 0 radical (unpaired) electrons. The first-order chi connectivity index (χ1) is 13.1. The van der Waals surface area contributed by atoms with E-state index in [9.17, 15) is 4.79 Å². The highest BCUT2D eigenvalue weighted by molar-refractivity contribution is 5.90. The Morgan fingerprint density at radius 3 is 2.48 bits per heavy atom. The van der Waals surface area contributed by atoms with Gasteiger partial charge < -0.3 is 15.5 Å². The number of nitrogens with one attached hydrogen (secondary N) is 2. The number of carbonyl (C=O) groups is 1. The first-order valence-electron chi connectivity index (χ1n) is 9.91. The summed E-state index contributed by atoms with van der Waals surface area (Å²) in [6.07, 6.45) is 6.23. The third kappa shape index (κ3) is 5.67. The third-order valence-corrected chi connectivity index (χ3v) is 4.70. The zero-order valence-corrected chi connectivity index (χ0v) is 16.3. The lowest BCUT2D eigenvalue weighted by Gasteiger charge is -2.28. The van der Waals surface area contributed by atoms with E-state index >= 15 is 0 Å². The Labute approximate surface area is 161 Å². The highest BCUT2D eigenvalue weighted by atomic mass is 16.1. The Balaban J connectivity index is 1.64. The van der Waals surface area contributed by atoms with E-state index in [2.05, 4.69) is 27.4 Å². The van der Waals surface area contributed by atoms with Gasteiger partial charge >= 0.3 is 0 Å². The van der Waals surface area contributed by atoms with E-state index in [1.165, 1.54) is 19.3 Å². The Morgan fingerprint density at radius 2 is 1.78 bits per heavy atom. The van der Waals surface area contributed by atoms with Gasteiger partial charge in [0.2, 0.25) is 11.9 Å². The Hall–Kier alpha value is -2.63. The molecule has 0 spiro atoms. The molecule has 2 aromatic rings. The predicted octanol–water partition coefficient (Wildman–Crippen LogP) is 4.65. The fourth-order valence-electron chi connectivity index (χ4n) is 3.22. The second-order valence-corrected chi connectivity index (χ2v) is 7.09. The second-order valence-electron chi connectivity index (χ2n) is 7.09. The number of rotatable bonds is 7. The summed E-state index contributed by atoms with van der Waals surface area (Å²) >= 11 is 0. The molecule has 3 rings (SSSR count). The number of hydrogen-bond acceptors (Lipinski definition) is 5. The number of unbranched alkanes of at least 4 members (excludes halogenated alkanes) is 1. The zero-order chi connectivity index (χ0) is 19.1.